The fourth-order valence-electron chi connectivity index (χ4n) is 3.22. The number of nitrogens with zero attached hydrogens (tertiary/aromatic N) is 1. The first kappa shape index (κ1) is 18.9. The van der Waals surface area contributed by atoms with Gasteiger partial charge in [-0.2, -0.15) is 0 Å². The Balaban J connectivity index is 1.49. The Labute approximate surface area is 158 Å². The number of amides is 2. The van der Waals surface area contributed by atoms with E-state index in [0.29, 0.717) is 17.9 Å². The molecule has 2 amide bonds. The van der Waals surface area contributed by atoms with Crippen LogP contribution < -0.4 is 15.6 Å². The number of benzene rings is 1. The predicted molar refractivity (Wildman–Crippen MR) is 98.9 cm³/mol. The Morgan fingerprint density at radius 1 is 1.11 bits per heavy atom. The van der Waals surface area contributed by atoms with Crippen LogP contribution in [0.2, 0.25) is 0 Å². The fraction of sp³-hybridized carbons (Fsp3) is 0.450. The number of ether oxygens (including phenoxy) is 1. The van der Waals surface area contributed by atoms with Gasteiger partial charge in [-0.15, -0.1) is 0 Å². The molecule has 1 aliphatic rings. The maximum atomic E-state index is 12.2. The summed E-state index contributed by atoms with van der Waals surface area (Å²) in [5, 5.41) is 3.89. The average Bonchev–Trinajstić information content (AvgIpc) is 3.03. The molecule has 27 heavy (non-hydrogen) atoms. The van der Waals surface area contributed by atoms with Gasteiger partial charge in [-0.1, -0.05) is 24.4 Å². The summed E-state index contributed by atoms with van der Waals surface area (Å²) in [5.41, 5.74) is 7.19. The van der Waals surface area contributed by atoms with Gasteiger partial charge in [-0.3, -0.25) is 20.4 Å². The van der Waals surface area contributed by atoms with Crippen LogP contribution >= 0.6 is 0 Å². The van der Waals surface area contributed by atoms with E-state index >= 15 is 0 Å². The molecule has 1 saturated carbocycles. The van der Waals surface area contributed by atoms with Crippen molar-refractivity contribution >= 4 is 11.8 Å². The van der Waals surface area contributed by atoms with Gasteiger partial charge >= 0.3 is 0 Å². The van der Waals surface area contributed by atoms with E-state index in [1.165, 1.54) is 6.42 Å². The summed E-state index contributed by atoms with van der Waals surface area (Å²) in [7, 11) is 0. The van der Waals surface area contributed by atoms with Gasteiger partial charge in [-0.25, -0.2) is 0 Å². The molecule has 144 valence electrons. The van der Waals surface area contributed by atoms with Crippen molar-refractivity contribution in [1.29, 1.82) is 0 Å². The van der Waals surface area contributed by atoms with Crippen LogP contribution in [0.4, 0.5) is 0 Å². The Morgan fingerprint density at radius 2 is 1.81 bits per heavy atom. The molecule has 7 heteroatoms. The lowest BCUT2D eigenvalue weighted by Crippen LogP contribution is -2.44. The lowest BCUT2D eigenvalue weighted by atomic mass is 9.89. The molecule has 0 bridgehead atoms. The molecule has 0 spiro atoms. The third-order valence-corrected chi connectivity index (χ3v) is 4.96. The molecule has 2 aromatic rings. The Morgan fingerprint density at radius 3 is 2.44 bits per heavy atom. The zero-order valence-corrected chi connectivity index (χ0v) is 15.7. The summed E-state index contributed by atoms with van der Waals surface area (Å²) < 4.78 is 10.8. The summed E-state index contributed by atoms with van der Waals surface area (Å²) in [6.07, 6.45) is 5.10. The molecule has 0 aliphatic heterocycles. The minimum Gasteiger partial charge on any atom is -0.489 e. The highest BCUT2D eigenvalue weighted by molar-refractivity contribution is 5.95. The maximum absolute atomic E-state index is 12.2. The summed E-state index contributed by atoms with van der Waals surface area (Å²) in [5.74, 6) is 0.910. The fourth-order valence-corrected chi connectivity index (χ4v) is 3.22. The van der Waals surface area contributed by atoms with Crippen molar-refractivity contribution in [2.75, 3.05) is 0 Å². The normalized spacial score (nSPS) is 14.6. The van der Waals surface area contributed by atoms with Crippen LogP contribution in [0.1, 0.15) is 59.5 Å². The molecule has 1 aromatic carbocycles. The van der Waals surface area contributed by atoms with Crippen LogP contribution in [0.5, 0.6) is 5.75 Å². The summed E-state index contributed by atoms with van der Waals surface area (Å²) >= 11 is 0. The van der Waals surface area contributed by atoms with E-state index in [1.807, 2.05) is 13.8 Å². The van der Waals surface area contributed by atoms with E-state index in [0.717, 1.165) is 42.7 Å². The van der Waals surface area contributed by atoms with E-state index < -0.39 is 0 Å². The van der Waals surface area contributed by atoms with Crippen LogP contribution in [0, 0.1) is 19.8 Å². The first-order valence-corrected chi connectivity index (χ1v) is 9.29. The van der Waals surface area contributed by atoms with E-state index in [-0.39, 0.29) is 17.7 Å². The van der Waals surface area contributed by atoms with Crippen molar-refractivity contribution in [2.45, 2.75) is 52.6 Å². The van der Waals surface area contributed by atoms with Gasteiger partial charge in [0.1, 0.15) is 18.1 Å². The molecule has 3 rings (SSSR count). The zero-order chi connectivity index (χ0) is 19.2. The third kappa shape index (κ3) is 4.87. The van der Waals surface area contributed by atoms with Gasteiger partial charge in [0, 0.05) is 11.5 Å². The van der Waals surface area contributed by atoms with Crippen LogP contribution in [-0.4, -0.2) is 17.0 Å². The standard InChI is InChI=1S/C20H25N3O4/c1-13-18(14(2)27-23-13)12-26-17-10-8-16(9-11-17)20(25)22-21-19(24)15-6-4-3-5-7-15/h8-11,15H,3-7,12H2,1-2H3,(H,21,24)(H,22,25). The SMILES string of the molecule is Cc1noc(C)c1COc1ccc(C(=O)NNC(=O)C2CCCCC2)cc1. The molecule has 2 N–H and O–H groups in total. The molecule has 0 atom stereocenters. The van der Waals surface area contributed by atoms with Crippen molar-refractivity contribution in [3.8, 4) is 5.75 Å². The molecule has 0 unspecified atom stereocenters. The van der Waals surface area contributed by atoms with Gasteiger partial charge in [-0.05, 0) is 51.0 Å². The number of aromatic nitrogens is 1. The largest absolute Gasteiger partial charge is 0.489 e. The number of aryl methyl sites for hydroxylation is 2. The van der Waals surface area contributed by atoms with Crippen LogP contribution in [0.3, 0.4) is 0 Å². The molecule has 1 aliphatic carbocycles. The van der Waals surface area contributed by atoms with Crippen molar-refractivity contribution in [2.24, 2.45) is 5.92 Å². The lowest BCUT2D eigenvalue weighted by molar-refractivity contribution is -0.126. The van der Waals surface area contributed by atoms with E-state index in [9.17, 15) is 9.59 Å². The molecule has 1 aromatic heterocycles. The number of hydrogen-bond acceptors (Lipinski definition) is 5. The maximum Gasteiger partial charge on any atom is 0.269 e. The second kappa shape index (κ2) is 8.70. The lowest BCUT2D eigenvalue weighted by Gasteiger charge is -2.20. The van der Waals surface area contributed by atoms with E-state index in [1.54, 1.807) is 24.3 Å². The molecule has 1 heterocycles. The van der Waals surface area contributed by atoms with Crippen LogP contribution in [0.15, 0.2) is 28.8 Å². The number of carbonyl (C=O) groups excluding carboxylic acids is 2. The monoisotopic (exact) mass is 371 g/mol. The molecule has 0 radical (unpaired) electrons. The van der Waals surface area contributed by atoms with Crippen molar-refractivity contribution in [3.63, 3.8) is 0 Å². The summed E-state index contributed by atoms with van der Waals surface area (Å²) in [6.45, 7) is 4.06. The first-order valence-electron chi connectivity index (χ1n) is 9.29. The number of nitrogens with one attached hydrogen (secondary N) is 2. The van der Waals surface area contributed by atoms with Crippen LogP contribution in [0.25, 0.3) is 0 Å². The van der Waals surface area contributed by atoms with E-state index in [2.05, 4.69) is 16.0 Å². The van der Waals surface area contributed by atoms with Crippen LogP contribution in [-0.2, 0) is 11.4 Å². The van der Waals surface area contributed by atoms with E-state index in [4.69, 9.17) is 9.26 Å². The Hall–Kier alpha value is -2.83. The molecular weight excluding hydrogens is 346 g/mol. The molecule has 0 saturated heterocycles. The van der Waals surface area contributed by atoms with Crippen molar-refractivity contribution in [1.82, 2.24) is 16.0 Å². The molecular formula is C20H25N3O4. The van der Waals surface area contributed by atoms with Gasteiger partial charge in [0.05, 0.1) is 11.3 Å². The number of carbonyl (C=O) groups is 2. The second-order valence-corrected chi connectivity index (χ2v) is 6.89. The van der Waals surface area contributed by atoms with Gasteiger partial charge < -0.3 is 9.26 Å². The first-order chi connectivity index (χ1) is 13.0. The third-order valence-electron chi connectivity index (χ3n) is 4.96. The molecule has 1 fully saturated rings. The summed E-state index contributed by atoms with van der Waals surface area (Å²) in [4.78, 5) is 24.3. The topological polar surface area (TPSA) is 93.5 Å². The number of hydrogen-bond donors (Lipinski definition) is 2. The van der Waals surface area contributed by atoms with Crippen molar-refractivity contribution < 1.29 is 18.8 Å². The number of hydrazine groups is 1. The molecule has 7 nitrogen and oxygen atoms in total. The zero-order valence-electron chi connectivity index (χ0n) is 15.7. The minimum atomic E-state index is -0.351. The average molecular weight is 371 g/mol. The van der Waals surface area contributed by atoms with Gasteiger partial charge in [0.2, 0.25) is 5.91 Å². The smallest absolute Gasteiger partial charge is 0.269 e. The van der Waals surface area contributed by atoms with Gasteiger partial charge in [0.25, 0.3) is 5.91 Å². The Kier molecular flexibility index (Phi) is 6.11. The highest BCUT2D eigenvalue weighted by Gasteiger charge is 2.21. The Bertz CT molecular complexity index is 773. The highest BCUT2D eigenvalue weighted by atomic mass is 16.5. The number of rotatable bonds is 5. The minimum absolute atomic E-state index is 0.000787. The summed E-state index contributed by atoms with van der Waals surface area (Å²) in [6, 6.07) is 6.75. The highest BCUT2D eigenvalue weighted by Crippen LogP contribution is 2.23. The predicted octanol–water partition coefficient (Wildman–Crippen LogP) is 3.21. The quantitative estimate of drug-likeness (QED) is 0.787. The van der Waals surface area contributed by atoms with Crippen molar-refractivity contribution in [3.05, 3.63) is 46.8 Å². The van der Waals surface area contributed by atoms with Gasteiger partial charge in [0.15, 0.2) is 0 Å². The second-order valence-electron chi connectivity index (χ2n) is 6.89.